The number of hydrogen-bond donors (Lipinski definition) is 1. The quantitative estimate of drug-likeness (QED) is 0.820. The lowest BCUT2D eigenvalue weighted by atomic mass is 9.91. The van der Waals surface area contributed by atoms with E-state index in [2.05, 4.69) is 29.2 Å². The fourth-order valence-corrected chi connectivity index (χ4v) is 2.35. The number of anilines is 2. The van der Waals surface area contributed by atoms with Gasteiger partial charge in [0.25, 0.3) is 0 Å². The predicted molar refractivity (Wildman–Crippen MR) is 72.2 cm³/mol. The van der Waals surface area contributed by atoms with Crippen LogP contribution >= 0.6 is 0 Å². The van der Waals surface area contributed by atoms with Crippen LogP contribution in [-0.2, 0) is 0 Å². The van der Waals surface area contributed by atoms with Crippen LogP contribution < -0.4 is 10.6 Å². The summed E-state index contributed by atoms with van der Waals surface area (Å²) in [7, 11) is 0. The molecule has 2 N–H and O–H groups in total. The van der Waals surface area contributed by atoms with Crippen molar-refractivity contribution >= 4 is 11.4 Å². The highest BCUT2D eigenvalue weighted by Crippen LogP contribution is 2.32. The van der Waals surface area contributed by atoms with E-state index in [9.17, 15) is 4.39 Å². The van der Waals surface area contributed by atoms with Crippen molar-refractivity contribution < 1.29 is 4.39 Å². The number of halogens is 1. The SMILES string of the molecule is Nc1cc(N2CC(c3ccccc3)C2)ccc1F. The Morgan fingerprint density at radius 1 is 1.06 bits per heavy atom. The van der Waals surface area contributed by atoms with Gasteiger partial charge in [-0.1, -0.05) is 30.3 Å². The molecule has 1 aliphatic rings. The number of benzene rings is 2. The average Bonchev–Trinajstić information content (AvgIpc) is 2.33. The minimum atomic E-state index is -0.348. The molecule has 0 radical (unpaired) electrons. The third-order valence-corrected chi connectivity index (χ3v) is 3.50. The van der Waals surface area contributed by atoms with Gasteiger partial charge in [0.1, 0.15) is 5.82 Å². The average molecular weight is 242 g/mol. The van der Waals surface area contributed by atoms with Crippen molar-refractivity contribution in [3.63, 3.8) is 0 Å². The first-order valence-electron chi connectivity index (χ1n) is 6.09. The Labute approximate surface area is 106 Å². The Morgan fingerprint density at radius 3 is 2.44 bits per heavy atom. The summed E-state index contributed by atoms with van der Waals surface area (Å²) in [5.41, 5.74) is 8.17. The summed E-state index contributed by atoms with van der Waals surface area (Å²) >= 11 is 0. The van der Waals surface area contributed by atoms with Gasteiger partial charge in [0.15, 0.2) is 0 Å². The third kappa shape index (κ3) is 1.92. The van der Waals surface area contributed by atoms with Gasteiger partial charge < -0.3 is 10.6 Å². The van der Waals surface area contributed by atoms with Gasteiger partial charge in [-0.2, -0.15) is 0 Å². The van der Waals surface area contributed by atoms with E-state index in [4.69, 9.17) is 5.73 Å². The van der Waals surface area contributed by atoms with E-state index in [0.29, 0.717) is 5.92 Å². The molecule has 3 rings (SSSR count). The zero-order valence-electron chi connectivity index (χ0n) is 10.0. The topological polar surface area (TPSA) is 29.3 Å². The monoisotopic (exact) mass is 242 g/mol. The van der Waals surface area contributed by atoms with Gasteiger partial charge in [-0.15, -0.1) is 0 Å². The van der Waals surface area contributed by atoms with E-state index >= 15 is 0 Å². The van der Waals surface area contributed by atoms with Gasteiger partial charge in [0, 0.05) is 24.7 Å². The third-order valence-electron chi connectivity index (χ3n) is 3.50. The highest BCUT2D eigenvalue weighted by Gasteiger charge is 2.28. The first-order chi connectivity index (χ1) is 8.74. The molecule has 1 heterocycles. The molecule has 0 aliphatic carbocycles. The molecule has 0 unspecified atom stereocenters. The van der Waals surface area contributed by atoms with Crippen molar-refractivity contribution in [2.45, 2.75) is 5.92 Å². The van der Waals surface area contributed by atoms with E-state index in [0.717, 1.165) is 18.8 Å². The van der Waals surface area contributed by atoms with Crippen molar-refractivity contribution in [1.29, 1.82) is 0 Å². The van der Waals surface area contributed by atoms with Crippen molar-refractivity contribution in [1.82, 2.24) is 0 Å². The normalized spacial score (nSPS) is 15.5. The standard InChI is InChI=1S/C15H15FN2/c16-14-7-6-13(8-15(14)17)18-9-12(10-18)11-4-2-1-3-5-11/h1-8,12H,9-10,17H2. The molecule has 3 heteroatoms. The van der Waals surface area contributed by atoms with Crippen LogP contribution in [0.4, 0.5) is 15.8 Å². The lowest BCUT2D eigenvalue weighted by Crippen LogP contribution is -2.45. The van der Waals surface area contributed by atoms with Gasteiger partial charge in [-0.05, 0) is 23.8 Å². The summed E-state index contributed by atoms with van der Waals surface area (Å²) in [6.45, 7) is 1.93. The Balaban J connectivity index is 1.70. The van der Waals surface area contributed by atoms with E-state index in [1.807, 2.05) is 6.07 Å². The van der Waals surface area contributed by atoms with Crippen LogP contribution in [0.25, 0.3) is 0 Å². The second-order valence-electron chi connectivity index (χ2n) is 4.72. The van der Waals surface area contributed by atoms with Crippen LogP contribution in [0, 0.1) is 5.82 Å². The molecule has 0 amide bonds. The smallest absolute Gasteiger partial charge is 0.146 e. The molecule has 0 bridgehead atoms. The van der Waals surface area contributed by atoms with E-state index in [1.54, 1.807) is 12.1 Å². The first kappa shape index (κ1) is 11.1. The Hall–Kier alpha value is -2.03. The minimum Gasteiger partial charge on any atom is -0.396 e. The molecular formula is C15H15FN2. The molecule has 2 nitrogen and oxygen atoms in total. The maximum absolute atomic E-state index is 13.1. The number of hydrogen-bond acceptors (Lipinski definition) is 2. The predicted octanol–water partition coefficient (Wildman–Crippen LogP) is 3.01. The lowest BCUT2D eigenvalue weighted by molar-refractivity contribution is 0.525. The molecular weight excluding hydrogens is 227 g/mol. The van der Waals surface area contributed by atoms with Gasteiger partial charge in [-0.25, -0.2) is 4.39 Å². The summed E-state index contributed by atoms with van der Waals surface area (Å²) in [4.78, 5) is 2.22. The van der Waals surface area contributed by atoms with Crippen LogP contribution in [0.1, 0.15) is 11.5 Å². The van der Waals surface area contributed by atoms with Crippen molar-refractivity contribution in [3.8, 4) is 0 Å². The molecule has 0 aromatic heterocycles. The number of rotatable bonds is 2. The Kier molecular flexibility index (Phi) is 2.67. The maximum atomic E-state index is 13.1. The van der Waals surface area contributed by atoms with Gasteiger partial charge in [0.05, 0.1) is 5.69 Å². The molecule has 2 aromatic carbocycles. The molecule has 1 saturated heterocycles. The molecule has 18 heavy (non-hydrogen) atoms. The summed E-state index contributed by atoms with van der Waals surface area (Å²) in [6, 6.07) is 15.4. The van der Waals surface area contributed by atoms with E-state index in [-0.39, 0.29) is 11.5 Å². The zero-order valence-corrected chi connectivity index (χ0v) is 10.0. The van der Waals surface area contributed by atoms with Gasteiger partial charge in [-0.3, -0.25) is 0 Å². The number of nitrogens with two attached hydrogens (primary N) is 1. The van der Waals surface area contributed by atoms with Crippen molar-refractivity contribution in [2.75, 3.05) is 23.7 Å². The Bertz CT molecular complexity index is 548. The summed E-state index contributed by atoms with van der Waals surface area (Å²) in [5, 5.41) is 0. The van der Waals surface area contributed by atoms with E-state index < -0.39 is 0 Å². The van der Waals surface area contributed by atoms with Crippen molar-refractivity contribution in [2.24, 2.45) is 0 Å². The number of nitrogens with zero attached hydrogens (tertiary/aromatic N) is 1. The van der Waals surface area contributed by atoms with Crippen molar-refractivity contribution in [3.05, 3.63) is 59.9 Å². The van der Waals surface area contributed by atoms with Crippen LogP contribution in [0.15, 0.2) is 48.5 Å². The lowest BCUT2D eigenvalue weighted by Gasteiger charge is -2.41. The number of nitrogen functional groups attached to an aromatic ring is 1. The van der Waals surface area contributed by atoms with E-state index in [1.165, 1.54) is 11.6 Å². The second-order valence-corrected chi connectivity index (χ2v) is 4.72. The molecule has 1 fully saturated rings. The molecule has 1 aliphatic heterocycles. The molecule has 0 spiro atoms. The first-order valence-corrected chi connectivity index (χ1v) is 6.09. The van der Waals surface area contributed by atoms with Crippen LogP contribution in [0.2, 0.25) is 0 Å². The minimum absolute atomic E-state index is 0.218. The fourth-order valence-electron chi connectivity index (χ4n) is 2.35. The largest absolute Gasteiger partial charge is 0.396 e. The molecule has 0 saturated carbocycles. The molecule has 92 valence electrons. The second kappa shape index (κ2) is 4.33. The van der Waals surface area contributed by atoms with Crippen LogP contribution in [0.3, 0.4) is 0 Å². The summed E-state index contributed by atoms with van der Waals surface area (Å²) in [6.07, 6.45) is 0. The van der Waals surface area contributed by atoms with Crippen LogP contribution in [-0.4, -0.2) is 13.1 Å². The van der Waals surface area contributed by atoms with Crippen LogP contribution in [0.5, 0.6) is 0 Å². The van der Waals surface area contributed by atoms with Gasteiger partial charge >= 0.3 is 0 Å². The fraction of sp³-hybridized carbons (Fsp3) is 0.200. The summed E-state index contributed by atoms with van der Waals surface area (Å²) in [5.74, 6) is 0.219. The Morgan fingerprint density at radius 2 is 1.78 bits per heavy atom. The van der Waals surface area contributed by atoms with Gasteiger partial charge in [0.2, 0.25) is 0 Å². The molecule has 2 aromatic rings. The maximum Gasteiger partial charge on any atom is 0.146 e. The highest BCUT2D eigenvalue weighted by molar-refractivity contribution is 5.58. The zero-order chi connectivity index (χ0) is 12.5. The summed E-state index contributed by atoms with van der Waals surface area (Å²) < 4.78 is 13.1. The highest BCUT2D eigenvalue weighted by atomic mass is 19.1. The molecule has 0 atom stereocenters.